The van der Waals surface area contributed by atoms with Gasteiger partial charge < -0.3 is 15.5 Å². The van der Waals surface area contributed by atoms with Crippen LogP contribution in [0.5, 0.6) is 0 Å². The summed E-state index contributed by atoms with van der Waals surface area (Å²) < 4.78 is 45.9. The Morgan fingerprint density at radius 2 is 1.32 bits per heavy atom. The van der Waals surface area contributed by atoms with Crippen molar-refractivity contribution >= 4 is 17.7 Å². The molecule has 9 heteroatoms. The second kappa shape index (κ2) is 11.6. The minimum Gasteiger partial charge on any atom is -0.347 e. The highest BCUT2D eigenvalue weighted by molar-refractivity contribution is 5.97. The van der Waals surface area contributed by atoms with Crippen molar-refractivity contribution in [2.24, 2.45) is 0 Å². The van der Waals surface area contributed by atoms with Gasteiger partial charge in [0.25, 0.3) is 17.7 Å². The van der Waals surface area contributed by atoms with Crippen LogP contribution in [-0.4, -0.2) is 45.7 Å². The first kappa shape index (κ1) is 19.3. The first-order valence-electron chi connectivity index (χ1n) is 12.5. The maximum Gasteiger partial charge on any atom is 0.270 e. The van der Waals surface area contributed by atoms with Crippen molar-refractivity contribution in [2.75, 3.05) is 13.1 Å². The number of carbonyl (C=O) groups is 3. The Morgan fingerprint density at radius 1 is 0.853 bits per heavy atom. The van der Waals surface area contributed by atoms with Gasteiger partial charge in [-0.05, 0) is 49.2 Å². The van der Waals surface area contributed by atoms with Gasteiger partial charge in [-0.25, -0.2) is 14.4 Å². The van der Waals surface area contributed by atoms with Crippen LogP contribution in [0.3, 0.4) is 0 Å². The standard InChI is InChI=1S/C25H26FN5O3/c1-3-31(4-2)25(34)19-9-5-17(6-10-19)14-27-23(32)21-13-22(30-16-29-21)24(33)28-15-18-7-11-20(26)12-8-18/h5-13,16H,3-4,14-15H2,1-2H3,(H,27,32)(H,28,33)/i14D2,15D2. The number of benzene rings is 2. The lowest BCUT2D eigenvalue weighted by Gasteiger charge is -2.18. The summed E-state index contributed by atoms with van der Waals surface area (Å²) in [6.07, 6.45) is 0.917. The number of carbonyl (C=O) groups excluding carboxylic acids is 3. The lowest BCUT2D eigenvalue weighted by molar-refractivity contribution is 0.0772. The van der Waals surface area contributed by atoms with Crippen LogP contribution >= 0.6 is 0 Å². The second-order valence-corrected chi connectivity index (χ2v) is 7.01. The topological polar surface area (TPSA) is 104 Å². The first-order valence-corrected chi connectivity index (χ1v) is 10.5. The predicted molar refractivity (Wildman–Crippen MR) is 124 cm³/mol. The van der Waals surface area contributed by atoms with E-state index in [-0.39, 0.29) is 28.4 Å². The summed E-state index contributed by atoms with van der Waals surface area (Å²) in [5.74, 6) is -2.67. The van der Waals surface area contributed by atoms with E-state index < -0.39 is 30.6 Å². The molecule has 0 saturated heterocycles. The normalized spacial score (nSPS) is 13.0. The summed E-state index contributed by atoms with van der Waals surface area (Å²) in [5, 5.41) is 4.32. The predicted octanol–water partition coefficient (Wildman–Crippen LogP) is 2.96. The molecular formula is C25H26FN5O3. The molecule has 0 aliphatic rings. The molecule has 0 fully saturated rings. The molecule has 1 aromatic heterocycles. The highest BCUT2D eigenvalue weighted by Crippen LogP contribution is 2.09. The lowest BCUT2D eigenvalue weighted by atomic mass is 10.1. The van der Waals surface area contributed by atoms with Crippen molar-refractivity contribution in [1.82, 2.24) is 25.5 Å². The molecule has 0 radical (unpaired) electrons. The molecule has 3 aromatic rings. The molecule has 0 bridgehead atoms. The van der Waals surface area contributed by atoms with Gasteiger partial charge in [-0.3, -0.25) is 14.4 Å². The molecule has 2 N–H and O–H groups in total. The highest BCUT2D eigenvalue weighted by Gasteiger charge is 2.14. The number of hydrogen-bond donors (Lipinski definition) is 2. The third-order valence-corrected chi connectivity index (χ3v) is 4.80. The maximum atomic E-state index is 13.1. The molecule has 8 nitrogen and oxygen atoms in total. The van der Waals surface area contributed by atoms with E-state index in [1.54, 1.807) is 4.90 Å². The quantitative estimate of drug-likeness (QED) is 0.504. The Morgan fingerprint density at radius 3 is 1.79 bits per heavy atom. The second-order valence-electron chi connectivity index (χ2n) is 7.01. The molecule has 2 aromatic carbocycles. The summed E-state index contributed by atoms with van der Waals surface area (Å²) in [6.45, 7) is 0.0605. The number of nitrogens with zero attached hydrogens (tertiary/aromatic N) is 3. The molecule has 176 valence electrons. The minimum absolute atomic E-state index is 0.00252. The van der Waals surface area contributed by atoms with Crippen molar-refractivity contribution in [1.29, 1.82) is 0 Å². The zero-order chi connectivity index (χ0) is 28.1. The summed E-state index contributed by atoms with van der Waals surface area (Å²) in [6, 6.07) is 11.2. The molecule has 1 heterocycles. The van der Waals surface area contributed by atoms with Crippen LogP contribution in [0.1, 0.15) is 61.8 Å². The molecule has 0 unspecified atom stereocenters. The van der Waals surface area contributed by atoms with E-state index in [1.165, 1.54) is 36.4 Å². The van der Waals surface area contributed by atoms with Crippen LogP contribution in [0.25, 0.3) is 0 Å². The van der Waals surface area contributed by atoms with E-state index in [4.69, 9.17) is 5.48 Å². The van der Waals surface area contributed by atoms with E-state index in [2.05, 4.69) is 20.6 Å². The maximum absolute atomic E-state index is 13.1. The molecule has 0 atom stereocenters. The van der Waals surface area contributed by atoms with Crippen LogP contribution in [0.2, 0.25) is 0 Å². The van der Waals surface area contributed by atoms with E-state index in [1.807, 2.05) is 13.8 Å². The Kier molecular flexibility index (Phi) is 6.62. The largest absolute Gasteiger partial charge is 0.347 e. The molecule has 3 rings (SSSR count). The van der Waals surface area contributed by atoms with Gasteiger partial charge in [0.1, 0.15) is 23.5 Å². The average Bonchev–Trinajstić information content (AvgIpc) is 2.89. The molecule has 3 amide bonds. The average molecular weight is 468 g/mol. The Labute approximate surface area is 202 Å². The number of amides is 3. The van der Waals surface area contributed by atoms with Crippen molar-refractivity contribution in [2.45, 2.75) is 26.8 Å². The number of nitrogens with one attached hydrogen (secondary N) is 2. The zero-order valence-electron chi connectivity index (χ0n) is 22.6. The number of hydrogen-bond acceptors (Lipinski definition) is 5. The van der Waals surface area contributed by atoms with Gasteiger partial charge in [-0.2, -0.15) is 0 Å². The van der Waals surface area contributed by atoms with E-state index in [9.17, 15) is 18.8 Å². The van der Waals surface area contributed by atoms with Crippen LogP contribution in [0.4, 0.5) is 4.39 Å². The molecule has 0 aliphatic heterocycles. The molecule has 0 aliphatic carbocycles. The Bertz CT molecular complexity index is 1320. The van der Waals surface area contributed by atoms with Crippen LogP contribution in [-0.2, 0) is 13.0 Å². The fourth-order valence-corrected chi connectivity index (χ4v) is 2.91. The van der Waals surface area contributed by atoms with Crippen LogP contribution in [0.15, 0.2) is 60.9 Å². The van der Waals surface area contributed by atoms with Crippen molar-refractivity contribution in [3.05, 3.63) is 94.8 Å². The molecular weight excluding hydrogens is 437 g/mol. The van der Waals surface area contributed by atoms with Crippen molar-refractivity contribution < 1.29 is 24.3 Å². The Hall–Kier alpha value is -4.14. The van der Waals surface area contributed by atoms with Gasteiger partial charge in [0, 0.05) is 37.7 Å². The van der Waals surface area contributed by atoms with Gasteiger partial charge >= 0.3 is 0 Å². The van der Waals surface area contributed by atoms with Crippen LogP contribution < -0.4 is 10.6 Å². The van der Waals surface area contributed by atoms with E-state index >= 15 is 0 Å². The fourth-order valence-electron chi connectivity index (χ4n) is 2.91. The van der Waals surface area contributed by atoms with Crippen molar-refractivity contribution in [3.8, 4) is 0 Å². The van der Waals surface area contributed by atoms with Crippen LogP contribution in [0, 0.1) is 5.82 Å². The highest BCUT2D eigenvalue weighted by atomic mass is 19.1. The fraction of sp³-hybridized carbons (Fsp3) is 0.240. The van der Waals surface area contributed by atoms with Gasteiger partial charge in [0.2, 0.25) is 0 Å². The molecule has 0 spiro atoms. The van der Waals surface area contributed by atoms with Gasteiger partial charge in [0.15, 0.2) is 0 Å². The number of aromatic nitrogens is 2. The monoisotopic (exact) mass is 467 g/mol. The van der Waals surface area contributed by atoms with E-state index in [0.717, 1.165) is 24.5 Å². The SMILES string of the molecule is [2H]C([2H])(NC(=O)c1cc(C(=O)NC([2H])([2H])c2ccc(C(=O)N(CC)CC)cc2)ncn1)c1ccc(F)cc1. The first-order chi connectivity index (χ1) is 17.9. The summed E-state index contributed by atoms with van der Waals surface area (Å²) in [4.78, 5) is 47.0. The molecule has 0 saturated carbocycles. The van der Waals surface area contributed by atoms with Gasteiger partial charge in [-0.1, -0.05) is 24.3 Å². The number of halogens is 1. The smallest absolute Gasteiger partial charge is 0.270 e. The third kappa shape index (κ3) is 6.44. The van der Waals surface area contributed by atoms with Crippen molar-refractivity contribution in [3.63, 3.8) is 0 Å². The minimum atomic E-state index is -2.37. The van der Waals surface area contributed by atoms with E-state index in [0.29, 0.717) is 18.7 Å². The summed E-state index contributed by atoms with van der Waals surface area (Å²) >= 11 is 0. The van der Waals surface area contributed by atoms with Gasteiger partial charge in [0.05, 0.1) is 5.48 Å². The molecule has 34 heavy (non-hydrogen) atoms. The lowest BCUT2D eigenvalue weighted by Crippen LogP contribution is -2.30. The third-order valence-electron chi connectivity index (χ3n) is 4.80. The summed E-state index contributed by atoms with van der Waals surface area (Å²) in [7, 11) is 0. The number of rotatable bonds is 9. The Balaban J connectivity index is 1.72. The summed E-state index contributed by atoms with van der Waals surface area (Å²) in [5.41, 5.74) is -0.203. The van der Waals surface area contributed by atoms with Gasteiger partial charge in [-0.15, -0.1) is 0 Å². The zero-order valence-corrected chi connectivity index (χ0v) is 18.6.